The highest BCUT2D eigenvalue weighted by molar-refractivity contribution is 6.07. The smallest absolute Gasteiger partial charge is 0.322 e. The van der Waals surface area contributed by atoms with Gasteiger partial charge in [0.15, 0.2) is 0 Å². The maximum absolute atomic E-state index is 13.2. The fourth-order valence-electron chi connectivity index (χ4n) is 3.73. The van der Waals surface area contributed by atoms with Crippen LogP contribution in [0.15, 0.2) is 60.9 Å². The summed E-state index contributed by atoms with van der Waals surface area (Å²) in [6, 6.07) is 16.6. The number of hydrogen-bond acceptors (Lipinski definition) is 3. The second-order valence-corrected chi connectivity index (χ2v) is 6.58. The molecule has 1 aromatic carbocycles. The van der Waals surface area contributed by atoms with Crippen molar-refractivity contribution in [2.45, 2.75) is 25.4 Å². The van der Waals surface area contributed by atoms with Crippen LogP contribution in [0.5, 0.6) is 0 Å². The van der Waals surface area contributed by atoms with Crippen LogP contribution in [0.2, 0.25) is 0 Å². The zero-order valence-electron chi connectivity index (χ0n) is 14.8. The first-order valence-corrected chi connectivity index (χ1v) is 8.79. The number of pyridine rings is 1. The van der Waals surface area contributed by atoms with Crippen molar-refractivity contribution in [2.75, 3.05) is 0 Å². The van der Waals surface area contributed by atoms with E-state index in [9.17, 15) is 14.9 Å². The van der Waals surface area contributed by atoms with Gasteiger partial charge in [-0.1, -0.05) is 43.3 Å². The van der Waals surface area contributed by atoms with E-state index in [1.165, 1.54) is 4.90 Å². The highest BCUT2D eigenvalue weighted by Gasteiger charge is 2.51. The van der Waals surface area contributed by atoms with Crippen molar-refractivity contribution < 1.29 is 9.59 Å². The largest absolute Gasteiger partial charge is 0.325 e. The molecule has 1 aliphatic heterocycles. The summed E-state index contributed by atoms with van der Waals surface area (Å²) in [5.74, 6) is -0.291. The predicted octanol–water partition coefficient (Wildman–Crippen LogP) is 3.17. The molecule has 1 fully saturated rings. The number of carbonyl (C=O) groups is 2. The van der Waals surface area contributed by atoms with Crippen molar-refractivity contribution in [3.63, 3.8) is 0 Å². The van der Waals surface area contributed by atoms with Crippen molar-refractivity contribution in [3.05, 3.63) is 77.6 Å². The number of fused-ring (bicyclic) bond motifs is 1. The zero-order chi connectivity index (χ0) is 19.0. The molecule has 134 valence electrons. The molecule has 0 spiro atoms. The van der Waals surface area contributed by atoms with Gasteiger partial charge in [-0.05, 0) is 24.1 Å². The zero-order valence-corrected chi connectivity index (χ0v) is 14.8. The van der Waals surface area contributed by atoms with Gasteiger partial charge in [-0.25, -0.2) is 4.79 Å². The van der Waals surface area contributed by atoms with E-state index in [1.807, 2.05) is 66.1 Å². The average molecular weight is 358 g/mol. The van der Waals surface area contributed by atoms with E-state index in [4.69, 9.17) is 0 Å². The Labute approximate surface area is 156 Å². The summed E-state index contributed by atoms with van der Waals surface area (Å²) in [6.45, 7) is 1.94. The number of carbonyl (C=O) groups excluding carboxylic acids is 2. The molecule has 4 rings (SSSR count). The van der Waals surface area contributed by atoms with Crippen molar-refractivity contribution >= 4 is 17.5 Å². The summed E-state index contributed by atoms with van der Waals surface area (Å²) in [5, 5.41) is 12.4. The molecule has 27 heavy (non-hydrogen) atoms. The van der Waals surface area contributed by atoms with Gasteiger partial charge in [0.25, 0.3) is 5.91 Å². The van der Waals surface area contributed by atoms with Crippen LogP contribution in [0.3, 0.4) is 0 Å². The molecule has 6 nitrogen and oxygen atoms in total. The number of aromatic nitrogens is 1. The van der Waals surface area contributed by atoms with Crippen molar-refractivity contribution in [2.24, 2.45) is 0 Å². The van der Waals surface area contributed by atoms with Gasteiger partial charge in [0.05, 0.1) is 17.6 Å². The van der Waals surface area contributed by atoms with Gasteiger partial charge in [0.2, 0.25) is 0 Å². The molecule has 0 saturated carbocycles. The lowest BCUT2D eigenvalue weighted by molar-refractivity contribution is -0.132. The number of imide groups is 1. The quantitative estimate of drug-likeness (QED) is 0.728. The number of nitrogens with zero attached hydrogens (tertiary/aromatic N) is 3. The van der Waals surface area contributed by atoms with E-state index in [0.29, 0.717) is 17.5 Å². The van der Waals surface area contributed by atoms with Crippen molar-refractivity contribution in [1.29, 1.82) is 5.26 Å². The number of nitriles is 1. The Hall–Kier alpha value is -3.59. The Bertz CT molecular complexity index is 1080. The number of rotatable bonds is 4. The molecule has 1 aliphatic rings. The van der Waals surface area contributed by atoms with Crippen molar-refractivity contribution in [1.82, 2.24) is 14.6 Å². The third-order valence-corrected chi connectivity index (χ3v) is 5.18. The van der Waals surface area contributed by atoms with E-state index in [-0.39, 0.29) is 12.5 Å². The molecular formula is C21H18N4O2. The molecule has 3 heterocycles. The molecule has 0 bridgehead atoms. The van der Waals surface area contributed by atoms with E-state index < -0.39 is 11.6 Å². The third-order valence-electron chi connectivity index (χ3n) is 5.18. The van der Waals surface area contributed by atoms with E-state index in [1.54, 1.807) is 6.20 Å². The monoisotopic (exact) mass is 358 g/mol. The molecule has 3 aromatic rings. The lowest BCUT2D eigenvalue weighted by atomic mass is 9.87. The maximum Gasteiger partial charge on any atom is 0.325 e. The topological polar surface area (TPSA) is 77.6 Å². The number of nitrogens with one attached hydrogen (secondary N) is 1. The molecule has 1 saturated heterocycles. The number of amides is 3. The van der Waals surface area contributed by atoms with Crippen LogP contribution in [0.4, 0.5) is 4.79 Å². The van der Waals surface area contributed by atoms with E-state index >= 15 is 0 Å². The van der Waals surface area contributed by atoms with Crippen LogP contribution in [0, 0.1) is 11.3 Å². The lowest BCUT2D eigenvalue weighted by Crippen LogP contribution is -2.43. The van der Waals surface area contributed by atoms with Gasteiger partial charge >= 0.3 is 6.03 Å². The minimum atomic E-state index is -1.07. The van der Waals surface area contributed by atoms with Crippen LogP contribution in [0.1, 0.15) is 30.0 Å². The molecule has 6 heteroatoms. The van der Waals surface area contributed by atoms with Gasteiger partial charge < -0.3 is 9.72 Å². The van der Waals surface area contributed by atoms with Crippen LogP contribution in [-0.4, -0.2) is 21.2 Å². The summed E-state index contributed by atoms with van der Waals surface area (Å²) >= 11 is 0. The van der Waals surface area contributed by atoms with Crippen LogP contribution >= 0.6 is 0 Å². The maximum atomic E-state index is 13.2. The Morgan fingerprint density at radius 3 is 2.56 bits per heavy atom. The van der Waals surface area contributed by atoms with Crippen molar-refractivity contribution in [3.8, 4) is 6.07 Å². The second kappa shape index (κ2) is 6.29. The first kappa shape index (κ1) is 16.9. The van der Waals surface area contributed by atoms with Crippen LogP contribution < -0.4 is 5.32 Å². The van der Waals surface area contributed by atoms with E-state index in [0.717, 1.165) is 11.1 Å². The fourth-order valence-corrected chi connectivity index (χ4v) is 3.73. The Morgan fingerprint density at radius 2 is 1.85 bits per heavy atom. The van der Waals surface area contributed by atoms with Gasteiger partial charge in [0.1, 0.15) is 11.6 Å². The average Bonchev–Trinajstić information content (AvgIpc) is 3.18. The first-order chi connectivity index (χ1) is 13.1. The molecule has 2 aromatic heterocycles. The fraction of sp³-hybridized carbons (Fsp3) is 0.190. The molecule has 0 aliphatic carbocycles. The summed E-state index contributed by atoms with van der Waals surface area (Å²) < 4.78 is 1.83. The SMILES string of the molecule is CCC1(c2ccccc2)NC(=O)N(Cc2cn3ccccc3c2C#N)C1=O. The highest BCUT2D eigenvalue weighted by Crippen LogP contribution is 2.33. The number of urea groups is 1. The first-order valence-electron chi connectivity index (χ1n) is 8.79. The highest BCUT2D eigenvalue weighted by atomic mass is 16.2. The minimum absolute atomic E-state index is 0.0593. The van der Waals surface area contributed by atoms with Gasteiger partial charge in [0, 0.05) is 18.0 Å². The Morgan fingerprint density at radius 1 is 1.11 bits per heavy atom. The van der Waals surface area contributed by atoms with Gasteiger partial charge in [-0.15, -0.1) is 0 Å². The second-order valence-electron chi connectivity index (χ2n) is 6.58. The third kappa shape index (κ3) is 2.48. The molecule has 1 N–H and O–H groups in total. The molecule has 1 atom stereocenters. The normalized spacial score (nSPS) is 19.3. The summed E-state index contributed by atoms with van der Waals surface area (Å²) in [5.41, 5.74) is 1.57. The molecule has 1 unspecified atom stereocenters. The molecular weight excluding hydrogens is 340 g/mol. The standard InChI is InChI=1S/C21H18N4O2/c1-2-21(16-8-4-3-5-9-16)19(26)25(20(27)23-21)14-15-13-24-11-7-6-10-18(24)17(15)12-22/h3-11,13H,2,14H2,1H3,(H,23,27). The minimum Gasteiger partial charge on any atom is -0.322 e. The lowest BCUT2D eigenvalue weighted by Gasteiger charge is -2.25. The number of benzene rings is 1. The summed E-state index contributed by atoms with van der Waals surface area (Å²) in [6.07, 6.45) is 4.08. The number of hydrogen-bond donors (Lipinski definition) is 1. The summed E-state index contributed by atoms with van der Waals surface area (Å²) in [7, 11) is 0. The Kier molecular flexibility index (Phi) is 3.93. The van der Waals surface area contributed by atoms with E-state index in [2.05, 4.69) is 11.4 Å². The molecule has 0 radical (unpaired) electrons. The predicted molar refractivity (Wildman–Crippen MR) is 99.6 cm³/mol. The molecule has 3 amide bonds. The Balaban J connectivity index is 1.73. The van der Waals surface area contributed by atoms with Gasteiger partial charge in [-0.2, -0.15) is 5.26 Å². The van der Waals surface area contributed by atoms with Crippen LogP contribution in [-0.2, 0) is 16.9 Å². The van der Waals surface area contributed by atoms with Gasteiger partial charge in [-0.3, -0.25) is 9.69 Å². The summed E-state index contributed by atoms with van der Waals surface area (Å²) in [4.78, 5) is 27.1. The van der Waals surface area contributed by atoms with Crippen LogP contribution in [0.25, 0.3) is 5.52 Å².